The number of likely N-dealkylation sites (tertiary alicyclic amines) is 1. The average molecular weight is 330 g/mol. The number of thioether (sulfide) groups is 1. The summed E-state index contributed by atoms with van der Waals surface area (Å²) in [5.74, 6) is -0.689. The van der Waals surface area contributed by atoms with Crippen LogP contribution < -0.4 is 11.5 Å². The van der Waals surface area contributed by atoms with Crippen LogP contribution in [0.25, 0.3) is 0 Å². The summed E-state index contributed by atoms with van der Waals surface area (Å²) in [5, 5.41) is 9.32. The molecule has 124 valence electrons. The number of carboxylic acid groups (broad SMARTS) is 1. The lowest BCUT2D eigenvalue weighted by Gasteiger charge is -2.24. The monoisotopic (exact) mass is 330 g/mol. The number of aliphatic imine (C=N–C) groups is 1. The number of carbonyl (C=O) groups excluding carboxylic acids is 2. The summed E-state index contributed by atoms with van der Waals surface area (Å²) in [4.78, 5) is 39.6. The van der Waals surface area contributed by atoms with E-state index in [1.165, 1.54) is 23.6 Å². The SMILES string of the molecule is CC(=O)SCC1CC(=O)N(C(CCCN=C(N)N)C(=O)O)C1. The van der Waals surface area contributed by atoms with Crippen LogP contribution in [-0.4, -0.2) is 57.8 Å². The summed E-state index contributed by atoms with van der Waals surface area (Å²) < 4.78 is 0. The lowest BCUT2D eigenvalue weighted by Crippen LogP contribution is -2.42. The van der Waals surface area contributed by atoms with Crippen molar-refractivity contribution in [1.82, 2.24) is 4.90 Å². The first kappa shape index (κ1) is 18.3. The molecule has 22 heavy (non-hydrogen) atoms. The molecule has 0 aromatic rings. The predicted octanol–water partition coefficient (Wildman–Crippen LogP) is -0.379. The quantitative estimate of drug-likeness (QED) is 0.313. The Morgan fingerprint density at radius 2 is 2.18 bits per heavy atom. The molecule has 2 unspecified atom stereocenters. The Kier molecular flexibility index (Phi) is 7.16. The highest BCUT2D eigenvalue weighted by atomic mass is 32.2. The van der Waals surface area contributed by atoms with Gasteiger partial charge in [0.25, 0.3) is 0 Å². The van der Waals surface area contributed by atoms with E-state index < -0.39 is 12.0 Å². The van der Waals surface area contributed by atoms with E-state index >= 15 is 0 Å². The number of hydrogen-bond acceptors (Lipinski definition) is 5. The van der Waals surface area contributed by atoms with Crippen molar-refractivity contribution in [3.05, 3.63) is 0 Å². The maximum absolute atomic E-state index is 12.0. The molecule has 1 aliphatic heterocycles. The molecule has 2 atom stereocenters. The van der Waals surface area contributed by atoms with Gasteiger partial charge in [-0.3, -0.25) is 14.6 Å². The van der Waals surface area contributed by atoms with E-state index in [0.717, 1.165) is 0 Å². The van der Waals surface area contributed by atoms with Gasteiger partial charge >= 0.3 is 5.97 Å². The first-order chi connectivity index (χ1) is 10.3. The van der Waals surface area contributed by atoms with Gasteiger partial charge in [-0.15, -0.1) is 0 Å². The molecule has 1 rings (SSSR count). The van der Waals surface area contributed by atoms with Gasteiger partial charge in [0.2, 0.25) is 5.91 Å². The van der Waals surface area contributed by atoms with E-state index in [1.54, 1.807) is 0 Å². The van der Waals surface area contributed by atoms with Crippen LogP contribution in [0.5, 0.6) is 0 Å². The summed E-state index contributed by atoms with van der Waals surface area (Å²) in [6, 6.07) is -0.867. The van der Waals surface area contributed by atoms with E-state index in [1.807, 2.05) is 0 Å². The summed E-state index contributed by atoms with van der Waals surface area (Å²) in [5.41, 5.74) is 10.4. The van der Waals surface area contributed by atoms with Crippen LogP contribution in [0, 0.1) is 5.92 Å². The molecule has 1 amide bonds. The highest BCUT2D eigenvalue weighted by Gasteiger charge is 2.37. The van der Waals surface area contributed by atoms with Gasteiger partial charge in [-0.25, -0.2) is 4.79 Å². The molecular weight excluding hydrogens is 308 g/mol. The molecule has 1 saturated heterocycles. The number of nitrogens with zero attached hydrogens (tertiary/aromatic N) is 2. The van der Waals surface area contributed by atoms with Crippen LogP contribution in [-0.2, 0) is 14.4 Å². The van der Waals surface area contributed by atoms with Gasteiger partial charge in [0.05, 0.1) is 0 Å². The normalized spacial score (nSPS) is 19.0. The second-order valence-corrected chi connectivity index (χ2v) is 6.42. The van der Waals surface area contributed by atoms with Gasteiger partial charge in [0.15, 0.2) is 11.1 Å². The molecule has 0 spiro atoms. The average Bonchev–Trinajstić information content (AvgIpc) is 2.76. The van der Waals surface area contributed by atoms with E-state index in [-0.39, 0.29) is 29.3 Å². The molecule has 1 aliphatic rings. The number of guanidine groups is 1. The minimum atomic E-state index is -1.03. The van der Waals surface area contributed by atoms with Crippen molar-refractivity contribution >= 4 is 34.7 Å². The minimum Gasteiger partial charge on any atom is -0.480 e. The number of carbonyl (C=O) groups is 3. The number of carboxylic acids is 1. The van der Waals surface area contributed by atoms with Crippen molar-refractivity contribution in [1.29, 1.82) is 0 Å². The number of nitrogens with two attached hydrogens (primary N) is 2. The van der Waals surface area contributed by atoms with Crippen LogP contribution in [0.1, 0.15) is 26.2 Å². The van der Waals surface area contributed by atoms with Crippen molar-refractivity contribution < 1.29 is 19.5 Å². The third-order valence-corrected chi connectivity index (χ3v) is 4.40. The third-order valence-electron chi connectivity index (χ3n) is 3.35. The summed E-state index contributed by atoms with van der Waals surface area (Å²) >= 11 is 1.17. The Morgan fingerprint density at radius 3 is 2.73 bits per heavy atom. The fourth-order valence-corrected chi connectivity index (χ4v) is 3.06. The van der Waals surface area contributed by atoms with Crippen molar-refractivity contribution in [2.24, 2.45) is 22.4 Å². The molecule has 0 aromatic heterocycles. The molecule has 9 heteroatoms. The number of amides is 1. The second kappa shape index (κ2) is 8.62. The van der Waals surface area contributed by atoms with Crippen LogP contribution in [0.2, 0.25) is 0 Å². The van der Waals surface area contributed by atoms with Crippen molar-refractivity contribution in [3.63, 3.8) is 0 Å². The van der Waals surface area contributed by atoms with Gasteiger partial charge in [-0.1, -0.05) is 11.8 Å². The Bertz CT molecular complexity index is 465. The summed E-state index contributed by atoms with van der Waals surface area (Å²) in [6.45, 7) is 2.18. The highest BCUT2D eigenvalue weighted by molar-refractivity contribution is 8.13. The first-order valence-electron chi connectivity index (χ1n) is 7.02. The zero-order chi connectivity index (χ0) is 16.7. The fraction of sp³-hybridized carbons (Fsp3) is 0.692. The van der Waals surface area contributed by atoms with Crippen LogP contribution in [0.15, 0.2) is 4.99 Å². The molecule has 0 bridgehead atoms. The fourth-order valence-electron chi connectivity index (χ4n) is 2.36. The molecule has 5 N–H and O–H groups in total. The van der Waals surface area contributed by atoms with Gasteiger partial charge < -0.3 is 21.5 Å². The number of rotatable bonds is 8. The number of hydrogen-bond donors (Lipinski definition) is 3. The summed E-state index contributed by atoms with van der Waals surface area (Å²) in [7, 11) is 0. The summed E-state index contributed by atoms with van der Waals surface area (Å²) in [6.07, 6.45) is 1.06. The lowest BCUT2D eigenvalue weighted by molar-refractivity contribution is -0.148. The maximum Gasteiger partial charge on any atom is 0.326 e. The lowest BCUT2D eigenvalue weighted by atomic mass is 10.1. The van der Waals surface area contributed by atoms with Crippen LogP contribution in [0.3, 0.4) is 0 Å². The number of aliphatic carboxylic acids is 1. The van der Waals surface area contributed by atoms with E-state index in [2.05, 4.69) is 4.99 Å². The Balaban J connectivity index is 2.56. The molecule has 1 fully saturated rings. The Labute approximate surface area is 133 Å². The molecule has 0 saturated carbocycles. The molecular formula is C13H22N4O4S. The van der Waals surface area contributed by atoms with E-state index in [9.17, 15) is 19.5 Å². The van der Waals surface area contributed by atoms with Gasteiger partial charge in [-0.2, -0.15) is 0 Å². The topological polar surface area (TPSA) is 139 Å². The predicted molar refractivity (Wildman–Crippen MR) is 84.3 cm³/mol. The zero-order valence-electron chi connectivity index (χ0n) is 12.5. The van der Waals surface area contributed by atoms with Gasteiger partial charge in [0.1, 0.15) is 6.04 Å². The van der Waals surface area contributed by atoms with Crippen molar-refractivity contribution in [3.8, 4) is 0 Å². The van der Waals surface area contributed by atoms with Crippen molar-refractivity contribution in [2.75, 3.05) is 18.8 Å². The molecule has 0 radical (unpaired) electrons. The van der Waals surface area contributed by atoms with Crippen molar-refractivity contribution in [2.45, 2.75) is 32.2 Å². The highest BCUT2D eigenvalue weighted by Crippen LogP contribution is 2.25. The first-order valence-corrected chi connectivity index (χ1v) is 8.00. The molecule has 0 aliphatic carbocycles. The minimum absolute atomic E-state index is 0.00193. The Morgan fingerprint density at radius 1 is 1.50 bits per heavy atom. The standard InChI is InChI=1S/C13H22N4O4S/c1-8(18)22-7-9-5-11(19)17(6-9)10(12(20)21)3-2-4-16-13(14)15/h9-10H,2-7H2,1H3,(H,20,21)(H4,14,15,16). The van der Waals surface area contributed by atoms with Gasteiger partial charge in [-0.05, 0) is 18.8 Å². The van der Waals surface area contributed by atoms with E-state index in [4.69, 9.17) is 11.5 Å². The smallest absolute Gasteiger partial charge is 0.326 e. The molecule has 8 nitrogen and oxygen atoms in total. The maximum atomic E-state index is 12.0. The van der Waals surface area contributed by atoms with Crippen LogP contribution >= 0.6 is 11.8 Å². The van der Waals surface area contributed by atoms with Crippen LogP contribution in [0.4, 0.5) is 0 Å². The Hall–Kier alpha value is -1.77. The largest absolute Gasteiger partial charge is 0.480 e. The van der Waals surface area contributed by atoms with E-state index in [0.29, 0.717) is 31.7 Å². The second-order valence-electron chi connectivity index (χ2n) is 5.22. The molecule has 1 heterocycles. The van der Waals surface area contributed by atoms with Gasteiger partial charge in [0, 0.05) is 32.2 Å². The molecule has 0 aromatic carbocycles. The third kappa shape index (κ3) is 5.92. The zero-order valence-corrected chi connectivity index (χ0v) is 13.3.